The zero-order valence-corrected chi connectivity index (χ0v) is 13.5. The van der Waals surface area contributed by atoms with Gasteiger partial charge in [-0.2, -0.15) is 0 Å². The maximum atomic E-state index is 12.1. The molecule has 0 saturated carbocycles. The molecular weight excluding hydrogens is 292 g/mol. The van der Waals surface area contributed by atoms with Crippen LogP contribution in [0.5, 0.6) is 0 Å². The Labute approximate surface area is 125 Å². The third kappa shape index (κ3) is 6.09. The van der Waals surface area contributed by atoms with E-state index in [0.717, 1.165) is 11.9 Å². The molecule has 3 N–H and O–H groups in total. The van der Waals surface area contributed by atoms with Crippen LogP contribution >= 0.6 is 0 Å². The monoisotopic (exact) mass is 314 g/mol. The molecule has 7 nitrogen and oxygen atoms in total. The number of pyridine rings is 1. The Bertz CT molecular complexity index is 599. The highest BCUT2D eigenvalue weighted by atomic mass is 32.2. The highest BCUT2D eigenvalue weighted by Crippen LogP contribution is 2.17. The highest BCUT2D eigenvalue weighted by Gasteiger charge is 2.11. The van der Waals surface area contributed by atoms with Crippen LogP contribution in [0, 0.1) is 0 Å². The summed E-state index contributed by atoms with van der Waals surface area (Å²) < 4.78 is 24.1. The Morgan fingerprint density at radius 1 is 1.29 bits per heavy atom. The predicted molar refractivity (Wildman–Crippen MR) is 83.1 cm³/mol. The number of aromatic nitrogens is 1. The number of hydrogen-bond donors (Lipinski definition) is 3. The summed E-state index contributed by atoms with van der Waals surface area (Å²) >= 11 is 0. The van der Waals surface area contributed by atoms with Crippen molar-refractivity contribution in [2.24, 2.45) is 0 Å². The van der Waals surface area contributed by atoms with Crippen LogP contribution in [0.15, 0.2) is 12.1 Å². The Hall–Kier alpha value is -1.67. The quantitative estimate of drug-likeness (QED) is 0.637. The van der Waals surface area contributed by atoms with Gasteiger partial charge in [0, 0.05) is 31.4 Å². The average molecular weight is 314 g/mol. The van der Waals surface area contributed by atoms with Gasteiger partial charge < -0.3 is 10.6 Å². The van der Waals surface area contributed by atoms with Crippen molar-refractivity contribution in [2.75, 3.05) is 31.7 Å². The molecule has 1 aromatic heterocycles. The van der Waals surface area contributed by atoms with Crippen LogP contribution in [0.25, 0.3) is 0 Å². The minimum absolute atomic E-state index is 0.158. The summed E-state index contributed by atoms with van der Waals surface area (Å²) in [4.78, 5) is 16.4. The molecule has 0 aliphatic heterocycles. The van der Waals surface area contributed by atoms with E-state index < -0.39 is 10.0 Å². The minimum atomic E-state index is -3.24. The standard InChI is InChI=1S/C13H22N4O3S/c1-9(2)11-7-10(8-12(14-3)17-11)13(18)15-5-6-16-21(4,19)20/h7-9,16H,5-6H2,1-4H3,(H,14,17)(H,15,18). The van der Waals surface area contributed by atoms with Crippen molar-refractivity contribution in [3.63, 3.8) is 0 Å². The van der Waals surface area contributed by atoms with Gasteiger partial charge in [0.05, 0.1) is 6.26 Å². The van der Waals surface area contributed by atoms with Crippen LogP contribution in [-0.2, 0) is 10.0 Å². The van der Waals surface area contributed by atoms with Crippen LogP contribution < -0.4 is 15.4 Å². The number of amides is 1. The third-order valence-corrected chi connectivity index (χ3v) is 3.46. The van der Waals surface area contributed by atoms with Crippen molar-refractivity contribution < 1.29 is 13.2 Å². The van der Waals surface area contributed by atoms with E-state index >= 15 is 0 Å². The molecule has 1 heterocycles. The first kappa shape index (κ1) is 17.4. The minimum Gasteiger partial charge on any atom is -0.373 e. The molecule has 1 rings (SSSR count). The smallest absolute Gasteiger partial charge is 0.251 e. The molecule has 1 aromatic rings. The molecule has 118 valence electrons. The molecular formula is C13H22N4O3S. The van der Waals surface area contributed by atoms with Crippen LogP contribution in [-0.4, -0.2) is 45.7 Å². The number of anilines is 1. The molecule has 0 saturated heterocycles. The third-order valence-electron chi connectivity index (χ3n) is 2.73. The van der Waals surface area contributed by atoms with E-state index in [4.69, 9.17) is 0 Å². The second-order valence-corrected chi connectivity index (χ2v) is 6.83. The van der Waals surface area contributed by atoms with Gasteiger partial charge in [-0.15, -0.1) is 0 Å². The van der Waals surface area contributed by atoms with Crippen molar-refractivity contribution in [3.05, 3.63) is 23.4 Å². The zero-order valence-electron chi connectivity index (χ0n) is 12.7. The van der Waals surface area contributed by atoms with Crippen LogP contribution in [0.3, 0.4) is 0 Å². The summed E-state index contributed by atoms with van der Waals surface area (Å²) in [7, 11) is -1.50. The van der Waals surface area contributed by atoms with Crippen molar-refractivity contribution in [3.8, 4) is 0 Å². The topological polar surface area (TPSA) is 100 Å². The average Bonchev–Trinajstić information content (AvgIpc) is 2.41. The molecule has 0 bridgehead atoms. The number of carbonyl (C=O) groups excluding carboxylic acids is 1. The molecule has 1 amide bonds. The molecule has 0 aliphatic carbocycles. The van der Waals surface area contributed by atoms with Gasteiger partial charge in [-0.05, 0) is 18.1 Å². The van der Waals surface area contributed by atoms with Gasteiger partial charge in [-0.1, -0.05) is 13.8 Å². The van der Waals surface area contributed by atoms with Crippen molar-refractivity contribution >= 4 is 21.7 Å². The summed E-state index contributed by atoms with van der Waals surface area (Å²) in [5.41, 5.74) is 1.32. The molecule has 0 fully saturated rings. The van der Waals surface area contributed by atoms with Gasteiger partial charge in [0.15, 0.2) is 0 Å². The highest BCUT2D eigenvalue weighted by molar-refractivity contribution is 7.88. The maximum Gasteiger partial charge on any atom is 0.251 e. The first-order chi connectivity index (χ1) is 9.73. The van der Waals surface area contributed by atoms with E-state index in [1.807, 2.05) is 13.8 Å². The zero-order chi connectivity index (χ0) is 16.0. The molecule has 0 radical (unpaired) electrons. The number of hydrogen-bond acceptors (Lipinski definition) is 5. The Kier molecular flexibility index (Phi) is 6.10. The second-order valence-electron chi connectivity index (χ2n) is 4.99. The van der Waals surface area contributed by atoms with Crippen LogP contribution in [0.2, 0.25) is 0 Å². The van der Waals surface area contributed by atoms with Crippen molar-refractivity contribution in [1.82, 2.24) is 15.0 Å². The Balaban J connectivity index is 2.71. The number of nitrogens with zero attached hydrogens (tertiary/aromatic N) is 1. The summed E-state index contributed by atoms with van der Waals surface area (Å²) in [6.45, 7) is 4.38. The first-order valence-corrected chi connectivity index (χ1v) is 8.54. The SMILES string of the molecule is CNc1cc(C(=O)NCCNS(C)(=O)=O)cc(C(C)C)n1. The fraction of sp³-hybridized carbons (Fsp3) is 0.538. The fourth-order valence-electron chi connectivity index (χ4n) is 1.62. The normalized spacial score (nSPS) is 11.5. The fourth-order valence-corrected chi connectivity index (χ4v) is 2.09. The van der Waals surface area contributed by atoms with E-state index in [1.165, 1.54) is 0 Å². The summed E-state index contributed by atoms with van der Waals surface area (Å²) in [6, 6.07) is 3.40. The van der Waals surface area contributed by atoms with Crippen LogP contribution in [0.4, 0.5) is 5.82 Å². The van der Waals surface area contributed by atoms with Crippen LogP contribution in [0.1, 0.15) is 35.8 Å². The second kappa shape index (κ2) is 7.37. The summed E-state index contributed by atoms with van der Waals surface area (Å²) in [5, 5.41) is 5.59. The van der Waals surface area contributed by atoms with Gasteiger partial charge in [-0.25, -0.2) is 18.1 Å². The number of sulfonamides is 1. The van der Waals surface area contributed by atoms with E-state index in [0.29, 0.717) is 11.4 Å². The number of carbonyl (C=O) groups is 1. The Morgan fingerprint density at radius 2 is 1.95 bits per heavy atom. The predicted octanol–water partition coefficient (Wildman–Crippen LogP) is 0.526. The maximum absolute atomic E-state index is 12.1. The molecule has 0 spiro atoms. The molecule has 21 heavy (non-hydrogen) atoms. The van der Waals surface area contributed by atoms with E-state index in [-0.39, 0.29) is 24.9 Å². The first-order valence-electron chi connectivity index (χ1n) is 6.65. The summed E-state index contributed by atoms with van der Waals surface area (Å²) in [5.74, 6) is 0.573. The van der Waals surface area contributed by atoms with E-state index in [1.54, 1.807) is 19.2 Å². The lowest BCUT2D eigenvalue weighted by Gasteiger charge is -2.11. The van der Waals surface area contributed by atoms with Gasteiger partial charge >= 0.3 is 0 Å². The van der Waals surface area contributed by atoms with Crippen molar-refractivity contribution in [1.29, 1.82) is 0 Å². The lowest BCUT2D eigenvalue weighted by atomic mass is 10.1. The lowest BCUT2D eigenvalue weighted by Crippen LogP contribution is -2.34. The van der Waals surface area contributed by atoms with Gasteiger partial charge in [0.2, 0.25) is 10.0 Å². The van der Waals surface area contributed by atoms with Gasteiger partial charge in [-0.3, -0.25) is 4.79 Å². The molecule has 8 heteroatoms. The molecule has 0 unspecified atom stereocenters. The Morgan fingerprint density at radius 3 is 2.48 bits per heavy atom. The lowest BCUT2D eigenvalue weighted by molar-refractivity contribution is 0.0954. The largest absolute Gasteiger partial charge is 0.373 e. The molecule has 0 atom stereocenters. The van der Waals surface area contributed by atoms with Gasteiger partial charge in [0.25, 0.3) is 5.91 Å². The van der Waals surface area contributed by atoms with Crippen molar-refractivity contribution in [2.45, 2.75) is 19.8 Å². The number of nitrogens with one attached hydrogen (secondary N) is 3. The van der Waals surface area contributed by atoms with E-state index in [2.05, 4.69) is 20.3 Å². The number of rotatable bonds is 7. The van der Waals surface area contributed by atoms with Gasteiger partial charge in [0.1, 0.15) is 5.82 Å². The summed E-state index contributed by atoms with van der Waals surface area (Å²) in [6.07, 6.45) is 1.08. The molecule has 0 aromatic carbocycles. The molecule has 0 aliphatic rings. The van der Waals surface area contributed by atoms with E-state index in [9.17, 15) is 13.2 Å².